The molecule has 0 saturated heterocycles. The van der Waals surface area contributed by atoms with Crippen molar-refractivity contribution in [2.24, 2.45) is 0 Å². The Morgan fingerprint density at radius 3 is 2.42 bits per heavy atom. The zero-order chi connectivity index (χ0) is 17.5. The van der Waals surface area contributed by atoms with E-state index in [4.69, 9.17) is 9.47 Å². The van der Waals surface area contributed by atoms with Crippen molar-refractivity contribution in [3.05, 3.63) is 52.5 Å². The highest BCUT2D eigenvalue weighted by Gasteiger charge is 2.13. The summed E-state index contributed by atoms with van der Waals surface area (Å²) in [5, 5.41) is 0. The lowest BCUT2D eigenvalue weighted by molar-refractivity contribution is -0.115. The van der Waals surface area contributed by atoms with Gasteiger partial charge in [0.25, 0.3) is 0 Å². The highest BCUT2D eigenvalue weighted by molar-refractivity contribution is 9.10. The van der Waals surface area contributed by atoms with E-state index in [0.717, 1.165) is 27.2 Å². The maximum atomic E-state index is 12.3. The molecule has 0 unspecified atom stereocenters. The van der Waals surface area contributed by atoms with Gasteiger partial charge in [0, 0.05) is 24.1 Å². The van der Waals surface area contributed by atoms with E-state index in [9.17, 15) is 4.79 Å². The summed E-state index contributed by atoms with van der Waals surface area (Å²) in [6, 6.07) is 13.4. The number of carbonyl (C=O) groups is 1. The minimum atomic E-state index is 0.0641. The van der Waals surface area contributed by atoms with Crippen molar-refractivity contribution >= 4 is 39.3 Å². The van der Waals surface area contributed by atoms with E-state index in [-0.39, 0.29) is 5.91 Å². The summed E-state index contributed by atoms with van der Waals surface area (Å²) in [5.41, 5.74) is 1.89. The number of benzene rings is 2. The van der Waals surface area contributed by atoms with Crippen LogP contribution in [0.25, 0.3) is 0 Å². The molecule has 0 saturated carbocycles. The number of ether oxygens (including phenoxy) is 2. The van der Waals surface area contributed by atoms with Crippen LogP contribution in [0.15, 0.2) is 46.9 Å². The van der Waals surface area contributed by atoms with Crippen LogP contribution in [0.5, 0.6) is 11.5 Å². The van der Waals surface area contributed by atoms with Gasteiger partial charge in [-0.1, -0.05) is 18.2 Å². The maximum absolute atomic E-state index is 12.3. The fourth-order valence-corrected chi connectivity index (χ4v) is 3.58. The van der Waals surface area contributed by atoms with Crippen LogP contribution < -0.4 is 14.4 Å². The van der Waals surface area contributed by atoms with E-state index < -0.39 is 0 Å². The summed E-state index contributed by atoms with van der Waals surface area (Å²) >= 11 is 5.00. The van der Waals surface area contributed by atoms with Crippen molar-refractivity contribution in [1.29, 1.82) is 0 Å². The van der Waals surface area contributed by atoms with Crippen molar-refractivity contribution in [1.82, 2.24) is 0 Å². The van der Waals surface area contributed by atoms with Crippen LogP contribution in [0.1, 0.15) is 5.56 Å². The highest BCUT2D eigenvalue weighted by Crippen LogP contribution is 2.34. The molecule has 6 heteroatoms. The topological polar surface area (TPSA) is 38.8 Å². The van der Waals surface area contributed by atoms with Crippen LogP contribution >= 0.6 is 27.7 Å². The molecule has 2 aromatic carbocycles. The van der Waals surface area contributed by atoms with Crippen molar-refractivity contribution in [3.8, 4) is 11.5 Å². The quantitative estimate of drug-likeness (QED) is 0.680. The average Bonchev–Trinajstić information content (AvgIpc) is 2.62. The van der Waals surface area contributed by atoms with Gasteiger partial charge in [-0.15, -0.1) is 11.8 Å². The number of carbonyl (C=O) groups excluding carboxylic acids is 1. The Bertz CT molecular complexity index is 694. The van der Waals surface area contributed by atoms with Crippen LogP contribution in [-0.4, -0.2) is 32.9 Å². The maximum Gasteiger partial charge on any atom is 0.236 e. The number of hydrogen-bond donors (Lipinski definition) is 0. The molecule has 0 atom stereocenters. The second-order valence-electron chi connectivity index (χ2n) is 5.08. The monoisotopic (exact) mass is 409 g/mol. The van der Waals surface area contributed by atoms with Gasteiger partial charge < -0.3 is 14.4 Å². The predicted molar refractivity (Wildman–Crippen MR) is 103 cm³/mol. The van der Waals surface area contributed by atoms with Gasteiger partial charge in [0.2, 0.25) is 5.91 Å². The molecule has 0 aliphatic heterocycles. The number of halogens is 1. The van der Waals surface area contributed by atoms with Gasteiger partial charge in [0.05, 0.1) is 24.4 Å². The second kappa shape index (κ2) is 8.99. The molecule has 0 aromatic heterocycles. The van der Waals surface area contributed by atoms with Crippen LogP contribution in [0.4, 0.5) is 5.69 Å². The number of rotatable bonds is 7. The molecule has 0 bridgehead atoms. The fraction of sp³-hybridized carbons (Fsp3) is 0.278. The van der Waals surface area contributed by atoms with Gasteiger partial charge in [-0.05, 0) is 40.2 Å². The normalized spacial score (nSPS) is 10.3. The molecule has 0 aliphatic carbocycles. The minimum Gasteiger partial charge on any atom is -0.496 e. The number of hydrogen-bond acceptors (Lipinski definition) is 4. The highest BCUT2D eigenvalue weighted by atomic mass is 79.9. The summed E-state index contributed by atoms with van der Waals surface area (Å²) in [6.07, 6.45) is 0. The molecular formula is C18H20BrNO3S. The lowest BCUT2D eigenvalue weighted by Gasteiger charge is -2.17. The number of thioether (sulfide) groups is 1. The Hall–Kier alpha value is -1.66. The van der Waals surface area contributed by atoms with Gasteiger partial charge in [0.1, 0.15) is 11.5 Å². The standard InChI is InChI=1S/C18H20BrNO3S/c1-20(14-7-5-4-6-8-14)18(21)12-24-11-13-9-17(23-3)15(19)10-16(13)22-2/h4-10H,11-12H2,1-3H3. The number of methoxy groups -OCH3 is 2. The predicted octanol–water partition coefficient (Wildman–Crippen LogP) is 4.36. The number of amides is 1. The largest absolute Gasteiger partial charge is 0.496 e. The van der Waals surface area contributed by atoms with Crippen LogP contribution in [0, 0.1) is 0 Å². The zero-order valence-corrected chi connectivity index (χ0v) is 16.3. The first-order chi connectivity index (χ1) is 11.6. The van der Waals surface area contributed by atoms with Crippen molar-refractivity contribution in [2.75, 3.05) is 31.9 Å². The summed E-state index contributed by atoms with van der Waals surface area (Å²) in [6.45, 7) is 0. The summed E-state index contributed by atoms with van der Waals surface area (Å²) < 4.78 is 11.6. The Morgan fingerprint density at radius 1 is 1.12 bits per heavy atom. The first-order valence-electron chi connectivity index (χ1n) is 7.36. The van der Waals surface area contributed by atoms with Crippen LogP contribution in [-0.2, 0) is 10.5 Å². The summed E-state index contributed by atoms with van der Waals surface area (Å²) in [5.74, 6) is 2.65. The summed E-state index contributed by atoms with van der Waals surface area (Å²) in [4.78, 5) is 14.0. The first-order valence-corrected chi connectivity index (χ1v) is 9.31. The number of nitrogens with zero attached hydrogens (tertiary/aromatic N) is 1. The van der Waals surface area contributed by atoms with Gasteiger partial charge in [-0.2, -0.15) is 0 Å². The molecular weight excluding hydrogens is 390 g/mol. The van der Waals surface area contributed by atoms with E-state index >= 15 is 0 Å². The Morgan fingerprint density at radius 2 is 1.79 bits per heavy atom. The van der Waals surface area contributed by atoms with Crippen molar-refractivity contribution < 1.29 is 14.3 Å². The zero-order valence-electron chi connectivity index (χ0n) is 13.9. The molecule has 24 heavy (non-hydrogen) atoms. The smallest absolute Gasteiger partial charge is 0.236 e. The molecule has 0 radical (unpaired) electrons. The van der Waals surface area contributed by atoms with Crippen molar-refractivity contribution in [2.45, 2.75) is 5.75 Å². The molecule has 2 aromatic rings. The van der Waals surface area contributed by atoms with E-state index in [1.54, 1.807) is 37.9 Å². The van der Waals surface area contributed by atoms with E-state index in [0.29, 0.717) is 11.5 Å². The molecule has 0 fully saturated rings. The molecule has 0 spiro atoms. The molecule has 1 amide bonds. The van der Waals surface area contributed by atoms with Gasteiger partial charge in [-0.25, -0.2) is 0 Å². The Labute approximate surface area is 155 Å². The minimum absolute atomic E-state index is 0.0641. The Kier molecular flexibility index (Phi) is 6.99. The number of anilines is 1. The van der Waals surface area contributed by atoms with Gasteiger partial charge >= 0.3 is 0 Å². The third-order valence-electron chi connectivity index (χ3n) is 3.56. The second-order valence-corrected chi connectivity index (χ2v) is 6.92. The van der Waals surface area contributed by atoms with Crippen LogP contribution in [0.2, 0.25) is 0 Å². The molecule has 2 rings (SSSR count). The molecule has 0 aliphatic rings. The lowest BCUT2D eigenvalue weighted by Crippen LogP contribution is -2.27. The number of para-hydroxylation sites is 1. The molecule has 0 heterocycles. The van der Waals surface area contributed by atoms with E-state index in [1.165, 1.54) is 0 Å². The first kappa shape index (κ1) is 18.7. The SMILES string of the molecule is COc1cc(CSCC(=O)N(C)c2ccccc2)c(OC)cc1Br. The third-order valence-corrected chi connectivity index (χ3v) is 5.14. The van der Waals surface area contributed by atoms with E-state index in [2.05, 4.69) is 15.9 Å². The van der Waals surface area contributed by atoms with Crippen molar-refractivity contribution in [3.63, 3.8) is 0 Å². The third kappa shape index (κ3) is 4.68. The Balaban J connectivity index is 1.97. The average molecular weight is 410 g/mol. The fourth-order valence-electron chi connectivity index (χ4n) is 2.18. The van der Waals surface area contributed by atoms with Crippen LogP contribution in [0.3, 0.4) is 0 Å². The molecule has 4 nitrogen and oxygen atoms in total. The lowest BCUT2D eigenvalue weighted by atomic mass is 10.2. The molecule has 128 valence electrons. The van der Waals surface area contributed by atoms with Gasteiger partial charge in [0.15, 0.2) is 0 Å². The summed E-state index contributed by atoms with van der Waals surface area (Å²) in [7, 11) is 5.06. The molecule has 0 N–H and O–H groups in total. The van der Waals surface area contributed by atoms with Gasteiger partial charge in [-0.3, -0.25) is 4.79 Å². The van der Waals surface area contributed by atoms with E-state index in [1.807, 2.05) is 42.5 Å².